The van der Waals surface area contributed by atoms with Crippen molar-refractivity contribution in [2.24, 2.45) is 0 Å². The van der Waals surface area contributed by atoms with E-state index in [1.54, 1.807) is 4.90 Å². The van der Waals surface area contributed by atoms with Gasteiger partial charge < -0.3 is 9.64 Å². The minimum absolute atomic E-state index is 0.204. The summed E-state index contributed by atoms with van der Waals surface area (Å²) in [5.41, 5.74) is -0.434. The van der Waals surface area contributed by atoms with Crippen LogP contribution in [0.15, 0.2) is 18.2 Å². The summed E-state index contributed by atoms with van der Waals surface area (Å²) in [6.45, 7) is 5.56. The van der Waals surface area contributed by atoms with Crippen LogP contribution in [-0.2, 0) is 4.74 Å². The molecular formula is C15H19F2NO2. The van der Waals surface area contributed by atoms with Crippen LogP contribution in [0.2, 0.25) is 0 Å². The van der Waals surface area contributed by atoms with Gasteiger partial charge in [-0.2, -0.15) is 0 Å². The summed E-state index contributed by atoms with van der Waals surface area (Å²) >= 11 is 0. The zero-order valence-corrected chi connectivity index (χ0v) is 11.8. The first-order valence-corrected chi connectivity index (χ1v) is 6.83. The summed E-state index contributed by atoms with van der Waals surface area (Å²) in [6, 6.07) is 2.94. The highest BCUT2D eigenvalue weighted by Crippen LogP contribution is 2.27. The van der Waals surface area contributed by atoms with Gasteiger partial charge in [-0.15, -0.1) is 0 Å². The molecule has 1 saturated heterocycles. The number of hydrogen-bond acceptors (Lipinski definition) is 2. The predicted octanol–water partition coefficient (Wildman–Crippen LogP) is 3.00. The maximum atomic E-state index is 13.6. The number of rotatable bonds is 3. The van der Waals surface area contributed by atoms with Crippen LogP contribution in [0.1, 0.15) is 37.0 Å². The summed E-state index contributed by atoms with van der Waals surface area (Å²) in [4.78, 5) is 13.8. The Bertz CT molecular complexity index is 497. The normalized spacial score (nSPS) is 18.1. The van der Waals surface area contributed by atoms with E-state index in [-0.39, 0.29) is 11.2 Å². The molecule has 0 spiro atoms. The molecule has 0 radical (unpaired) electrons. The number of likely N-dealkylation sites (tertiary alicyclic amines) is 1. The third-order valence-corrected chi connectivity index (χ3v) is 3.76. The number of ether oxygens (including phenoxy) is 1. The maximum Gasteiger partial charge on any atom is 0.256 e. The second kappa shape index (κ2) is 5.87. The van der Waals surface area contributed by atoms with Gasteiger partial charge in [-0.1, -0.05) is 0 Å². The topological polar surface area (TPSA) is 29.5 Å². The minimum Gasteiger partial charge on any atom is -0.375 e. The molecule has 1 amide bonds. The van der Waals surface area contributed by atoms with E-state index in [0.717, 1.165) is 18.2 Å². The summed E-state index contributed by atoms with van der Waals surface area (Å²) in [5.74, 6) is -1.75. The van der Waals surface area contributed by atoms with E-state index in [2.05, 4.69) is 0 Å². The van der Waals surface area contributed by atoms with Gasteiger partial charge in [-0.25, -0.2) is 8.78 Å². The number of halogens is 2. The Hall–Kier alpha value is -1.49. The fraction of sp³-hybridized carbons (Fsp3) is 0.533. The van der Waals surface area contributed by atoms with Gasteiger partial charge in [-0.05, 0) is 44.9 Å². The fourth-order valence-electron chi connectivity index (χ4n) is 2.51. The number of carbonyl (C=O) groups is 1. The Morgan fingerprint density at radius 2 is 2.00 bits per heavy atom. The molecule has 0 saturated carbocycles. The standard InChI is InChI=1S/C15H19F2NO2/c1-3-20-15(2)6-8-18(9-7-15)14(19)12-10-11(16)4-5-13(12)17/h4-5,10H,3,6-9H2,1-2H3. The Labute approximate surface area is 117 Å². The molecule has 1 aromatic carbocycles. The van der Waals surface area contributed by atoms with Gasteiger partial charge in [0.1, 0.15) is 11.6 Å². The number of carbonyl (C=O) groups excluding carboxylic acids is 1. The largest absolute Gasteiger partial charge is 0.375 e. The molecule has 0 aliphatic carbocycles. The Balaban J connectivity index is 2.07. The number of benzene rings is 1. The van der Waals surface area contributed by atoms with E-state index in [4.69, 9.17) is 4.74 Å². The zero-order chi connectivity index (χ0) is 14.8. The molecule has 0 atom stereocenters. The number of amides is 1. The lowest BCUT2D eigenvalue weighted by atomic mass is 9.93. The van der Waals surface area contributed by atoms with E-state index in [1.807, 2.05) is 13.8 Å². The van der Waals surface area contributed by atoms with Crippen molar-refractivity contribution in [2.45, 2.75) is 32.3 Å². The van der Waals surface area contributed by atoms with Crippen LogP contribution in [0.4, 0.5) is 8.78 Å². The van der Waals surface area contributed by atoms with Gasteiger partial charge in [0.2, 0.25) is 0 Å². The van der Waals surface area contributed by atoms with E-state index in [0.29, 0.717) is 32.5 Å². The van der Waals surface area contributed by atoms with Crippen molar-refractivity contribution >= 4 is 5.91 Å². The smallest absolute Gasteiger partial charge is 0.256 e. The highest BCUT2D eigenvalue weighted by molar-refractivity contribution is 5.94. The van der Waals surface area contributed by atoms with Crippen LogP contribution in [-0.4, -0.2) is 36.1 Å². The minimum atomic E-state index is -0.686. The van der Waals surface area contributed by atoms with E-state index < -0.39 is 17.5 Å². The van der Waals surface area contributed by atoms with Crippen LogP contribution in [0, 0.1) is 11.6 Å². The lowest BCUT2D eigenvalue weighted by molar-refractivity contribution is -0.0611. The number of nitrogens with zero attached hydrogens (tertiary/aromatic N) is 1. The van der Waals surface area contributed by atoms with Gasteiger partial charge >= 0.3 is 0 Å². The average Bonchev–Trinajstić information content (AvgIpc) is 2.42. The summed E-state index contributed by atoms with van der Waals surface area (Å²) in [7, 11) is 0. The van der Waals surface area contributed by atoms with Crippen molar-refractivity contribution in [3.63, 3.8) is 0 Å². The van der Waals surface area contributed by atoms with Gasteiger partial charge in [0.05, 0.1) is 11.2 Å². The molecule has 0 unspecified atom stereocenters. The van der Waals surface area contributed by atoms with Crippen molar-refractivity contribution in [1.82, 2.24) is 4.90 Å². The quantitative estimate of drug-likeness (QED) is 0.853. The molecule has 2 rings (SSSR count). The molecule has 20 heavy (non-hydrogen) atoms. The van der Waals surface area contributed by atoms with Crippen molar-refractivity contribution in [1.29, 1.82) is 0 Å². The van der Waals surface area contributed by atoms with Gasteiger partial charge in [0.25, 0.3) is 5.91 Å². The highest BCUT2D eigenvalue weighted by Gasteiger charge is 2.33. The van der Waals surface area contributed by atoms with Crippen molar-refractivity contribution < 1.29 is 18.3 Å². The van der Waals surface area contributed by atoms with Gasteiger partial charge in [0, 0.05) is 19.7 Å². The lowest BCUT2D eigenvalue weighted by Crippen LogP contribution is -2.46. The first kappa shape index (κ1) is 14.9. The van der Waals surface area contributed by atoms with Crippen LogP contribution < -0.4 is 0 Å². The van der Waals surface area contributed by atoms with Crippen LogP contribution in [0.3, 0.4) is 0 Å². The Morgan fingerprint density at radius 1 is 1.35 bits per heavy atom. The SMILES string of the molecule is CCOC1(C)CCN(C(=O)c2cc(F)ccc2F)CC1. The second-order valence-corrected chi connectivity index (χ2v) is 5.30. The number of piperidine rings is 1. The molecule has 1 heterocycles. The second-order valence-electron chi connectivity index (χ2n) is 5.30. The first-order valence-electron chi connectivity index (χ1n) is 6.83. The molecule has 110 valence electrons. The monoisotopic (exact) mass is 283 g/mol. The van der Waals surface area contributed by atoms with Crippen molar-refractivity contribution in [2.75, 3.05) is 19.7 Å². The van der Waals surface area contributed by atoms with Crippen molar-refractivity contribution in [3.05, 3.63) is 35.4 Å². The fourth-order valence-corrected chi connectivity index (χ4v) is 2.51. The van der Waals surface area contributed by atoms with E-state index >= 15 is 0 Å². The third-order valence-electron chi connectivity index (χ3n) is 3.76. The average molecular weight is 283 g/mol. The predicted molar refractivity (Wildman–Crippen MR) is 71.5 cm³/mol. The van der Waals surface area contributed by atoms with Crippen LogP contribution in [0.5, 0.6) is 0 Å². The molecule has 1 aromatic rings. The molecule has 1 fully saturated rings. The van der Waals surface area contributed by atoms with E-state index in [9.17, 15) is 13.6 Å². The first-order chi connectivity index (χ1) is 9.45. The Kier molecular flexibility index (Phi) is 4.38. The molecule has 3 nitrogen and oxygen atoms in total. The summed E-state index contributed by atoms with van der Waals surface area (Å²) in [6.07, 6.45) is 1.40. The Morgan fingerprint density at radius 3 is 2.60 bits per heavy atom. The molecular weight excluding hydrogens is 264 g/mol. The molecule has 5 heteroatoms. The summed E-state index contributed by atoms with van der Waals surface area (Å²) in [5, 5.41) is 0. The zero-order valence-electron chi connectivity index (χ0n) is 11.8. The molecule has 1 aliphatic heterocycles. The molecule has 0 bridgehead atoms. The van der Waals surface area contributed by atoms with Gasteiger partial charge in [-0.3, -0.25) is 4.79 Å². The third kappa shape index (κ3) is 3.15. The van der Waals surface area contributed by atoms with Crippen LogP contribution >= 0.6 is 0 Å². The van der Waals surface area contributed by atoms with Crippen LogP contribution in [0.25, 0.3) is 0 Å². The van der Waals surface area contributed by atoms with E-state index in [1.165, 1.54) is 0 Å². The molecule has 0 N–H and O–H groups in total. The molecule has 1 aliphatic rings. The maximum absolute atomic E-state index is 13.6. The summed E-state index contributed by atoms with van der Waals surface area (Å²) < 4.78 is 32.4. The van der Waals surface area contributed by atoms with Crippen molar-refractivity contribution in [3.8, 4) is 0 Å². The highest BCUT2D eigenvalue weighted by atomic mass is 19.1. The number of hydrogen-bond donors (Lipinski definition) is 0. The van der Waals surface area contributed by atoms with Gasteiger partial charge in [0.15, 0.2) is 0 Å². The molecule has 0 aromatic heterocycles. The lowest BCUT2D eigenvalue weighted by Gasteiger charge is -2.39.